The van der Waals surface area contributed by atoms with E-state index in [2.05, 4.69) is 10.9 Å². The summed E-state index contributed by atoms with van der Waals surface area (Å²) in [4.78, 5) is 24.5. The zero-order valence-electron chi connectivity index (χ0n) is 17.9. The van der Waals surface area contributed by atoms with Crippen molar-refractivity contribution in [2.45, 2.75) is 50.5 Å². The van der Waals surface area contributed by atoms with Gasteiger partial charge in [-0.2, -0.15) is 4.31 Å². The summed E-state index contributed by atoms with van der Waals surface area (Å²) in [7, 11) is -2.08. The van der Waals surface area contributed by atoms with Gasteiger partial charge in [0, 0.05) is 25.6 Å². The minimum atomic E-state index is -3.60. The van der Waals surface area contributed by atoms with Gasteiger partial charge in [0.05, 0.1) is 4.90 Å². The Hall–Kier alpha value is -2.71. The lowest BCUT2D eigenvalue weighted by Gasteiger charge is -2.17. The monoisotopic (exact) mass is 443 g/mol. The number of nitrogens with one attached hydrogen (secondary N) is 2. The minimum absolute atomic E-state index is 0.177. The quantitative estimate of drug-likeness (QED) is 0.643. The van der Waals surface area contributed by atoms with Crippen LogP contribution in [-0.4, -0.2) is 31.6 Å². The second-order valence-electron chi connectivity index (χ2n) is 8.13. The molecule has 3 rings (SSSR count). The molecule has 0 aromatic heterocycles. The lowest BCUT2D eigenvalue weighted by atomic mass is 10.0. The molecule has 1 saturated carbocycles. The minimum Gasteiger partial charge on any atom is -0.273 e. The molecule has 2 aromatic carbocycles. The van der Waals surface area contributed by atoms with Crippen molar-refractivity contribution in [3.63, 3.8) is 0 Å². The van der Waals surface area contributed by atoms with Crippen LogP contribution < -0.4 is 10.9 Å². The highest BCUT2D eigenvalue weighted by Crippen LogP contribution is 2.27. The van der Waals surface area contributed by atoms with Crippen molar-refractivity contribution in [3.8, 4) is 0 Å². The van der Waals surface area contributed by atoms with Crippen molar-refractivity contribution in [2.24, 2.45) is 5.92 Å². The van der Waals surface area contributed by atoms with Crippen LogP contribution in [0.2, 0.25) is 0 Å². The van der Waals surface area contributed by atoms with Gasteiger partial charge < -0.3 is 0 Å². The lowest BCUT2D eigenvalue weighted by molar-refractivity contribution is -0.122. The van der Waals surface area contributed by atoms with Gasteiger partial charge in [0.1, 0.15) is 0 Å². The van der Waals surface area contributed by atoms with E-state index in [9.17, 15) is 18.0 Å². The normalized spacial score (nSPS) is 14.5. The number of aryl methyl sites for hydroxylation is 1. The molecule has 1 aliphatic rings. The number of carbonyl (C=O) groups is 2. The van der Waals surface area contributed by atoms with Crippen LogP contribution in [0.25, 0.3) is 0 Å². The molecule has 0 atom stereocenters. The number of amides is 2. The summed E-state index contributed by atoms with van der Waals surface area (Å²) >= 11 is 0. The number of carbonyl (C=O) groups excluding carboxylic acids is 2. The maximum atomic E-state index is 12.7. The number of nitrogens with zero attached hydrogens (tertiary/aromatic N) is 1. The van der Waals surface area contributed by atoms with E-state index in [0.29, 0.717) is 17.9 Å². The van der Waals surface area contributed by atoms with E-state index in [-0.39, 0.29) is 17.3 Å². The molecule has 0 spiro atoms. The Morgan fingerprint density at radius 2 is 1.58 bits per heavy atom. The van der Waals surface area contributed by atoms with Gasteiger partial charge in [-0.15, -0.1) is 0 Å². The summed E-state index contributed by atoms with van der Waals surface area (Å²) in [5.41, 5.74) is 7.03. The van der Waals surface area contributed by atoms with E-state index in [1.165, 1.54) is 11.4 Å². The number of hydrazine groups is 1. The van der Waals surface area contributed by atoms with E-state index < -0.39 is 15.9 Å². The Kier molecular flexibility index (Phi) is 7.46. The molecule has 2 amide bonds. The smallest absolute Gasteiger partial charge is 0.269 e. The Labute approximate surface area is 183 Å². The van der Waals surface area contributed by atoms with E-state index in [0.717, 1.165) is 36.8 Å². The van der Waals surface area contributed by atoms with Crippen molar-refractivity contribution in [1.82, 2.24) is 15.2 Å². The zero-order chi connectivity index (χ0) is 22.4. The van der Waals surface area contributed by atoms with Crippen molar-refractivity contribution in [3.05, 3.63) is 65.2 Å². The highest BCUT2D eigenvalue weighted by atomic mass is 32.2. The maximum absolute atomic E-state index is 12.7. The zero-order valence-corrected chi connectivity index (χ0v) is 18.7. The third-order valence-corrected chi connectivity index (χ3v) is 7.43. The molecule has 1 aliphatic carbocycles. The van der Waals surface area contributed by atoms with Crippen LogP contribution in [0.5, 0.6) is 0 Å². The Bertz CT molecular complexity index is 1010. The number of rotatable bonds is 7. The second-order valence-corrected chi connectivity index (χ2v) is 10.2. The molecule has 0 aliphatic heterocycles. The third-order valence-electron chi connectivity index (χ3n) is 5.61. The van der Waals surface area contributed by atoms with Gasteiger partial charge in [-0.3, -0.25) is 20.4 Å². The fraction of sp³-hybridized carbons (Fsp3) is 0.391. The van der Waals surface area contributed by atoms with Crippen molar-refractivity contribution in [2.75, 3.05) is 7.05 Å². The van der Waals surface area contributed by atoms with Crippen LogP contribution in [0.1, 0.15) is 53.6 Å². The molecule has 1 fully saturated rings. The SMILES string of the molecule is Cc1ccc(S(=O)(=O)N(C)Cc2ccc(C(=O)NNC(=O)CC3CCCC3)cc2)cc1. The van der Waals surface area contributed by atoms with Crippen LogP contribution >= 0.6 is 0 Å². The Morgan fingerprint density at radius 1 is 0.968 bits per heavy atom. The molecular formula is C23H29N3O4S. The molecule has 8 heteroatoms. The van der Waals surface area contributed by atoms with E-state index in [4.69, 9.17) is 0 Å². The van der Waals surface area contributed by atoms with Crippen LogP contribution in [0.15, 0.2) is 53.4 Å². The summed E-state index contributed by atoms with van der Waals surface area (Å²) in [6.07, 6.45) is 4.89. The van der Waals surface area contributed by atoms with Gasteiger partial charge in [-0.05, 0) is 55.5 Å². The first-order valence-electron chi connectivity index (χ1n) is 10.5. The Balaban J connectivity index is 1.53. The van der Waals surface area contributed by atoms with Crippen molar-refractivity contribution >= 4 is 21.8 Å². The van der Waals surface area contributed by atoms with Crippen molar-refractivity contribution in [1.29, 1.82) is 0 Å². The summed E-state index contributed by atoms with van der Waals surface area (Å²) in [6, 6.07) is 13.3. The summed E-state index contributed by atoms with van der Waals surface area (Å²) in [6.45, 7) is 2.08. The van der Waals surface area contributed by atoms with Gasteiger partial charge in [0.15, 0.2) is 0 Å². The van der Waals surface area contributed by atoms with E-state index >= 15 is 0 Å². The molecule has 0 bridgehead atoms. The fourth-order valence-electron chi connectivity index (χ4n) is 3.72. The van der Waals surface area contributed by atoms with E-state index in [1.54, 1.807) is 48.5 Å². The highest BCUT2D eigenvalue weighted by molar-refractivity contribution is 7.89. The summed E-state index contributed by atoms with van der Waals surface area (Å²) in [5, 5.41) is 0. The first-order valence-corrected chi connectivity index (χ1v) is 11.9. The van der Waals surface area contributed by atoms with Gasteiger partial charge in [-0.25, -0.2) is 8.42 Å². The number of hydrogen-bond acceptors (Lipinski definition) is 4. The largest absolute Gasteiger partial charge is 0.273 e. The lowest BCUT2D eigenvalue weighted by Crippen LogP contribution is -2.42. The van der Waals surface area contributed by atoms with E-state index in [1.807, 2.05) is 6.92 Å². The predicted octanol–water partition coefficient (Wildman–Crippen LogP) is 3.16. The second kappa shape index (κ2) is 10.1. The number of benzene rings is 2. The van der Waals surface area contributed by atoms with Gasteiger partial charge in [0.25, 0.3) is 5.91 Å². The molecule has 7 nitrogen and oxygen atoms in total. The number of sulfonamides is 1. The average molecular weight is 444 g/mol. The van der Waals surface area contributed by atoms with Crippen LogP contribution in [0.4, 0.5) is 0 Å². The topological polar surface area (TPSA) is 95.6 Å². The molecule has 0 unspecified atom stereocenters. The molecule has 0 radical (unpaired) electrons. The molecule has 31 heavy (non-hydrogen) atoms. The van der Waals surface area contributed by atoms with Crippen LogP contribution in [0.3, 0.4) is 0 Å². The van der Waals surface area contributed by atoms with Gasteiger partial charge in [-0.1, -0.05) is 42.7 Å². The Morgan fingerprint density at radius 3 is 2.19 bits per heavy atom. The van der Waals surface area contributed by atoms with Crippen LogP contribution in [-0.2, 0) is 21.4 Å². The predicted molar refractivity (Wildman–Crippen MR) is 118 cm³/mol. The van der Waals surface area contributed by atoms with Crippen molar-refractivity contribution < 1.29 is 18.0 Å². The average Bonchev–Trinajstić information content (AvgIpc) is 3.26. The maximum Gasteiger partial charge on any atom is 0.269 e. The molecule has 0 heterocycles. The van der Waals surface area contributed by atoms with Gasteiger partial charge in [0.2, 0.25) is 15.9 Å². The first kappa shape index (κ1) is 23.0. The number of hydrogen-bond donors (Lipinski definition) is 2. The molecule has 2 aromatic rings. The highest BCUT2D eigenvalue weighted by Gasteiger charge is 2.21. The fourth-order valence-corrected chi connectivity index (χ4v) is 4.88. The van der Waals surface area contributed by atoms with Gasteiger partial charge >= 0.3 is 0 Å². The summed E-state index contributed by atoms with van der Waals surface area (Å²) in [5.74, 6) is -0.184. The molecule has 166 valence electrons. The molecule has 0 saturated heterocycles. The third kappa shape index (κ3) is 6.15. The van der Waals surface area contributed by atoms with Crippen LogP contribution in [0, 0.1) is 12.8 Å². The molecular weight excluding hydrogens is 414 g/mol. The summed E-state index contributed by atoms with van der Waals surface area (Å²) < 4.78 is 26.7. The first-order chi connectivity index (χ1) is 14.8. The molecule has 2 N–H and O–H groups in total. The standard InChI is InChI=1S/C23H29N3O4S/c1-17-7-13-21(14-8-17)31(29,30)26(2)16-19-9-11-20(12-10-19)23(28)25-24-22(27)15-18-5-3-4-6-18/h7-14,18H,3-6,15-16H2,1-2H3,(H,24,27)(H,25,28).